The van der Waals surface area contributed by atoms with Crippen molar-refractivity contribution in [3.05, 3.63) is 29.8 Å². The minimum Gasteiger partial charge on any atom is -0.481 e. The lowest BCUT2D eigenvalue weighted by Gasteiger charge is -2.21. The van der Waals surface area contributed by atoms with Crippen LogP contribution in [0.3, 0.4) is 0 Å². The van der Waals surface area contributed by atoms with Crippen molar-refractivity contribution in [1.82, 2.24) is 0 Å². The molecule has 0 atom stereocenters. The van der Waals surface area contributed by atoms with E-state index in [9.17, 15) is 13.2 Å². The summed E-state index contributed by atoms with van der Waals surface area (Å²) in [5, 5.41) is 8.71. The van der Waals surface area contributed by atoms with E-state index in [0.717, 1.165) is 19.3 Å². The van der Waals surface area contributed by atoms with E-state index in [1.54, 1.807) is 12.1 Å². The van der Waals surface area contributed by atoms with Crippen molar-refractivity contribution in [2.45, 2.75) is 105 Å². The van der Waals surface area contributed by atoms with Gasteiger partial charge in [0.15, 0.2) is 9.84 Å². The van der Waals surface area contributed by atoms with E-state index in [2.05, 4.69) is 0 Å². The molecule has 1 saturated carbocycles. The topological polar surface area (TPSA) is 71.4 Å². The highest BCUT2D eigenvalue weighted by molar-refractivity contribution is 7.91. The summed E-state index contributed by atoms with van der Waals surface area (Å²) in [6, 6.07) is 6.21. The molecule has 172 valence electrons. The standard InChI is InChI=1S/C16H22O4S.4C2H6/c17-16(18)12-14-6-8-15(9-7-14)21(19,20)11-10-13-4-2-1-3-5-13;4*1-2/h6-9,13H,1-5,10-12H2,(H,17,18);4*1-2H3. The Kier molecular flexibility index (Phi) is 23.8. The van der Waals surface area contributed by atoms with E-state index >= 15 is 0 Å². The molecule has 0 amide bonds. The summed E-state index contributed by atoms with van der Waals surface area (Å²) in [4.78, 5) is 10.9. The quantitative estimate of drug-likeness (QED) is 0.519. The minimum atomic E-state index is -3.25. The molecule has 0 aliphatic heterocycles. The number of aliphatic carboxylic acids is 1. The zero-order valence-corrected chi connectivity index (χ0v) is 20.9. The first-order valence-corrected chi connectivity index (χ1v) is 13.2. The van der Waals surface area contributed by atoms with Gasteiger partial charge in [-0.3, -0.25) is 4.79 Å². The van der Waals surface area contributed by atoms with Crippen molar-refractivity contribution < 1.29 is 18.3 Å². The Morgan fingerprint density at radius 2 is 1.31 bits per heavy atom. The number of hydrogen-bond donors (Lipinski definition) is 1. The van der Waals surface area contributed by atoms with Crippen molar-refractivity contribution in [3.63, 3.8) is 0 Å². The van der Waals surface area contributed by atoms with Gasteiger partial charge in [-0.15, -0.1) is 0 Å². The van der Waals surface area contributed by atoms with Crippen LogP contribution in [0.2, 0.25) is 0 Å². The van der Waals surface area contributed by atoms with Crippen LogP contribution >= 0.6 is 0 Å². The summed E-state index contributed by atoms with van der Waals surface area (Å²) in [5.41, 5.74) is 0.619. The van der Waals surface area contributed by atoms with E-state index in [0.29, 0.717) is 16.4 Å². The first-order valence-electron chi connectivity index (χ1n) is 11.5. The molecule has 1 aromatic rings. The second-order valence-corrected chi connectivity index (χ2v) is 7.94. The van der Waals surface area contributed by atoms with Gasteiger partial charge in [-0.2, -0.15) is 0 Å². The Labute approximate surface area is 181 Å². The molecule has 0 unspecified atom stereocenters. The summed E-state index contributed by atoms with van der Waals surface area (Å²) < 4.78 is 24.6. The van der Waals surface area contributed by atoms with Crippen LogP contribution in [0.15, 0.2) is 29.2 Å². The van der Waals surface area contributed by atoms with Crippen LogP contribution in [0.1, 0.15) is 99.5 Å². The highest BCUT2D eigenvalue weighted by atomic mass is 32.2. The van der Waals surface area contributed by atoms with E-state index in [-0.39, 0.29) is 12.2 Å². The van der Waals surface area contributed by atoms with Gasteiger partial charge in [0.1, 0.15) is 0 Å². The van der Waals surface area contributed by atoms with Gasteiger partial charge < -0.3 is 5.11 Å². The normalized spacial score (nSPS) is 13.0. The molecule has 5 heteroatoms. The van der Waals surface area contributed by atoms with E-state index in [1.165, 1.54) is 31.4 Å². The van der Waals surface area contributed by atoms with Crippen LogP contribution < -0.4 is 0 Å². The molecule has 1 fully saturated rings. The third-order valence-corrected chi connectivity index (χ3v) is 5.92. The minimum absolute atomic E-state index is 0.0810. The second-order valence-electron chi connectivity index (χ2n) is 5.83. The molecule has 0 spiro atoms. The summed E-state index contributed by atoms with van der Waals surface area (Å²) in [7, 11) is -3.25. The summed E-state index contributed by atoms with van der Waals surface area (Å²) >= 11 is 0. The molecule has 0 aromatic heterocycles. The number of hydrogen-bond acceptors (Lipinski definition) is 3. The second kappa shape index (κ2) is 21.4. The Bertz CT molecular complexity index is 571. The maximum Gasteiger partial charge on any atom is 0.307 e. The van der Waals surface area contributed by atoms with Gasteiger partial charge in [-0.25, -0.2) is 8.42 Å². The van der Waals surface area contributed by atoms with Crippen LogP contribution in [0.25, 0.3) is 0 Å². The Hall–Kier alpha value is -1.36. The fraction of sp³-hybridized carbons (Fsp3) is 0.708. The molecule has 1 aliphatic rings. The van der Waals surface area contributed by atoms with Crippen LogP contribution in [0.4, 0.5) is 0 Å². The lowest BCUT2D eigenvalue weighted by molar-refractivity contribution is -0.136. The molecule has 29 heavy (non-hydrogen) atoms. The Balaban J connectivity index is -0.000000754. The maximum atomic E-state index is 12.3. The van der Waals surface area contributed by atoms with E-state index < -0.39 is 15.8 Å². The number of carbonyl (C=O) groups is 1. The average molecular weight is 431 g/mol. The molecular formula is C24H46O4S. The fourth-order valence-corrected chi connectivity index (χ4v) is 4.33. The van der Waals surface area contributed by atoms with Gasteiger partial charge in [0.25, 0.3) is 0 Å². The largest absolute Gasteiger partial charge is 0.481 e. The third kappa shape index (κ3) is 15.2. The number of carboxylic acid groups (broad SMARTS) is 1. The van der Waals surface area contributed by atoms with E-state index in [4.69, 9.17) is 5.11 Å². The van der Waals surface area contributed by atoms with Gasteiger partial charge >= 0.3 is 5.97 Å². The molecule has 2 rings (SSSR count). The zero-order valence-electron chi connectivity index (χ0n) is 20.1. The van der Waals surface area contributed by atoms with Crippen LogP contribution in [0, 0.1) is 5.92 Å². The van der Waals surface area contributed by atoms with Crippen molar-refractivity contribution in [1.29, 1.82) is 0 Å². The molecule has 4 nitrogen and oxygen atoms in total. The van der Waals surface area contributed by atoms with Gasteiger partial charge in [0.2, 0.25) is 0 Å². The number of carboxylic acids is 1. The molecule has 1 N–H and O–H groups in total. The smallest absolute Gasteiger partial charge is 0.307 e. The third-order valence-electron chi connectivity index (χ3n) is 4.16. The highest BCUT2D eigenvalue weighted by Gasteiger charge is 2.19. The van der Waals surface area contributed by atoms with Gasteiger partial charge in [0.05, 0.1) is 17.1 Å². The van der Waals surface area contributed by atoms with Gasteiger partial charge in [-0.1, -0.05) is 99.6 Å². The zero-order chi connectivity index (χ0) is 23.3. The monoisotopic (exact) mass is 430 g/mol. The molecule has 0 bridgehead atoms. The fourth-order valence-electron chi connectivity index (χ4n) is 2.90. The molecule has 0 saturated heterocycles. The van der Waals surface area contributed by atoms with Crippen LogP contribution in [0.5, 0.6) is 0 Å². The predicted octanol–water partition coefficient (Wildman–Crippen LogP) is 7.16. The molecule has 0 radical (unpaired) electrons. The van der Waals surface area contributed by atoms with Crippen molar-refractivity contribution in [2.75, 3.05) is 5.75 Å². The van der Waals surface area contributed by atoms with Crippen LogP contribution in [-0.2, 0) is 21.1 Å². The maximum absolute atomic E-state index is 12.3. The van der Waals surface area contributed by atoms with Crippen molar-refractivity contribution in [2.24, 2.45) is 5.92 Å². The number of benzene rings is 1. The SMILES string of the molecule is CC.CC.CC.CC.O=C(O)Cc1ccc(S(=O)(=O)CCC2CCCCC2)cc1. The highest BCUT2D eigenvalue weighted by Crippen LogP contribution is 2.27. The molecule has 1 aliphatic carbocycles. The Morgan fingerprint density at radius 1 is 0.862 bits per heavy atom. The number of rotatable bonds is 6. The predicted molar refractivity (Wildman–Crippen MR) is 126 cm³/mol. The average Bonchev–Trinajstić information content (AvgIpc) is 2.79. The van der Waals surface area contributed by atoms with Crippen molar-refractivity contribution in [3.8, 4) is 0 Å². The lowest BCUT2D eigenvalue weighted by atomic mass is 9.88. The molecule has 0 heterocycles. The van der Waals surface area contributed by atoms with Crippen LogP contribution in [-0.4, -0.2) is 25.2 Å². The summed E-state index contributed by atoms with van der Waals surface area (Å²) in [6.45, 7) is 16.0. The lowest BCUT2D eigenvalue weighted by Crippen LogP contribution is -2.14. The van der Waals surface area contributed by atoms with Gasteiger partial charge in [-0.05, 0) is 30.0 Å². The Morgan fingerprint density at radius 3 is 1.72 bits per heavy atom. The first kappa shape index (κ1) is 32.3. The van der Waals surface area contributed by atoms with E-state index in [1.807, 2.05) is 55.4 Å². The van der Waals surface area contributed by atoms with Crippen molar-refractivity contribution >= 4 is 15.8 Å². The van der Waals surface area contributed by atoms with Gasteiger partial charge in [0, 0.05) is 0 Å². The molecule has 1 aromatic carbocycles. The molecular weight excluding hydrogens is 384 g/mol. The first-order chi connectivity index (χ1) is 14.0. The summed E-state index contributed by atoms with van der Waals surface area (Å²) in [6.07, 6.45) is 6.65. The summed E-state index contributed by atoms with van der Waals surface area (Å²) in [5.74, 6) is -0.182. The number of sulfone groups is 1.